The van der Waals surface area contributed by atoms with Crippen molar-refractivity contribution in [2.75, 3.05) is 46.3 Å². The molecule has 0 radical (unpaired) electrons. The Morgan fingerprint density at radius 2 is 1.61 bits per heavy atom. The Kier molecular flexibility index (Phi) is 15.6. The van der Waals surface area contributed by atoms with E-state index in [0.717, 1.165) is 42.8 Å². The third-order valence-corrected chi connectivity index (χ3v) is 15.9. The molecular formula is C54H55ClFN5O14S. The van der Waals surface area contributed by atoms with Gasteiger partial charge in [0, 0.05) is 57.8 Å². The number of carbonyl (C=O) groups is 4. The molecule has 0 bridgehead atoms. The van der Waals surface area contributed by atoms with Gasteiger partial charge in [0.05, 0.1) is 28.7 Å². The maximum absolute atomic E-state index is 13.4. The van der Waals surface area contributed by atoms with Gasteiger partial charge in [-0.1, -0.05) is 41.9 Å². The van der Waals surface area contributed by atoms with Crippen molar-refractivity contribution >= 4 is 50.7 Å². The molecule has 1 saturated heterocycles. The summed E-state index contributed by atoms with van der Waals surface area (Å²) < 4.78 is 55.8. The number of nitrogens with one attached hydrogen (secondary N) is 2. The predicted molar refractivity (Wildman–Crippen MR) is 275 cm³/mol. The molecule has 2 amide bonds. The Morgan fingerprint density at radius 1 is 0.934 bits per heavy atom. The van der Waals surface area contributed by atoms with Gasteiger partial charge in [0.2, 0.25) is 12.6 Å². The first-order valence-electron chi connectivity index (χ1n) is 23.8. The number of aliphatic hydroxyl groups is 4. The van der Waals surface area contributed by atoms with Gasteiger partial charge >= 0.3 is 0 Å². The number of fused-ring (bicyclic) bond motifs is 4. The lowest BCUT2D eigenvalue weighted by molar-refractivity contribution is -0.151. The highest BCUT2D eigenvalue weighted by molar-refractivity contribution is 7.90. The lowest BCUT2D eigenvalue weighted by Crippen LogP contribution is -2.65. The van der Waals surface area contributed by atoms with Crippen molar-refractivity contribution < 1.29 is 71.7 Å². The molecule has 10 rings (SSSR count). The number of nitrogen functional groups attached to an aromatic ring is 1. The maximum Gasteiger partial charge on any atom is 0.264 e. The normalized spacial score (nSPS) is 24.4. The number of nitrogens with two attached hydrogens (primary N) is 2. The number of aromatic hydroxyl groups is 1. The van der Waals surface area contributed by atoms with Gasteiger partial charge in [0.25, 0.3) is 21.8 Å². The summed E-state index contributed by atoms with van der Waals surface area (Å²) in [5, 5.41) is 58.7. The van der Waals surface area contributed by atoms with E-state index in [2.05, 4.69) is 5.32 Å². The number of hydrogen-bond acceptors (Lipinski definition) is 17. The third-order valence-electron chi connectivity index (χ3n) is 14.2. The molecule has 0 unspecified atom stereocenters. The number of phenols is 1. The smallest absolute Gasteiger partial charge is 0.264 e. The number of halogens is 2. The molecule has 19 nitrogen and oxygen atoms in total. The number of benzene rings is 5. The Bertz CT molecular complexity index is 3270. The second-order valence-corrected chi connectivity index (χ2v) is 21.3. The van der Waals surface area contributed by atoms with Gasteiger partial charge in [-0.3, -0.25) is 24.1 Å². The van der Waals surface area contributed by atoms with E-state index in [9.17, 15) is 57.5 Å². The highest BCUT2D eigenvalue weighted by Gasteiger charge is 2.66. The molecule has 5 aromatic rings. The zero-order valence-corrected chi connectivity index (χ0v) is 42.8. The van der Waals surface area contributed by atoms with Crippen LogP contribution in [0.4, 0.5) is 10.1 Å². The largest absolute Gasteiger partial charge is 0.510 e. The molecule has 0 saturated carbocycles. The average molecular weight is 1080 g/mol. The molecule has 11 N–H and O–H groups in total. The number of nitrogens with zero attached hydrogens (tertiary/aromatic N) is 1. The fourth-order valence-electron chi connectivity index (χ4n) is 10.5. The van der Waals surface area contributed by atoms with Crippen LogP contribution in [0.5, 0.6) is 23.0 Å². The number of hydrogen-bond donors (Lipinski definition) is 9. The summed E-state index contributed by atoms with van der Waals surface area (Å²) in [5.41, 5.74) is 6.18. The molecule has 1 fully saturated rings. The molecule has 76 heavy (non-hydrogen) atoms. The van der Waals surface area contributed by atoms with Crippen LogP contribution in [-0.4, -0.2) is 114 Å². The standard InChI is InChI=1S/C22H23ClN2O8.C19H20FNO3.C13H12N2O3S/c1-21(32)7-6-8-15(25(2)3)17(28)13(20(24)31)19(30)22(8,33)18(29)11(7)16(27)12-10(26)5-4-9(23)14(12)21;20-15-3-1-13(2-4-15)17-7-8-21-10-14(17)11-22-16-5-6-18-19(9-16)24-12-23-18;14-11-6-8-12(9-7-11)19(17,18)15-13(16)10-4-2-1-3-5-10/h4-5,7-8,15,26,28-29,32-33H,6H2,1-3H3,(H2,24,31);1-6,9,14,17,21H,7-8,10-12H2;1-9H,14H2,(H,15,16)/t7-,8-,15-,21-,22-;14-,17-;/m00./s1. The molecule has 2 aliphatic heterocycles. The van der Waals surface area contributed by atoms with E-state index in [-0.39, 0.29) is 45.6 Å². The van der Waals surface area contributed by atoms with Crippen LogP contribution < -0.4 is 35.7 Å². The molecule has 3 aliphatic carbocycles. The molecule has 400 valence electrons. The number of carbonyl (C=O) groups excluding carboxylic acids is 4. The number of phenolic OH excluding ortho intramolecular Hbond substituents is 1. The number of rotatable bonds is 9. The Morgan fingerprint density at radius 3 is 2.26 bits per heavy atom. The second kappa shape index (κ2) is 21.6. The number of ether oxygens (including phenoxy) is 3. The fraction of sp³-hybridized carbons (Fsp3) is 0.296. The first-order valence-corrected chi connectivity index (χ1v) is 25.7. The van der Waals surface area contributed by atoms with Crippen LogP contribution in [0.2, 0.25) is 5.02 Å². The Hall–Kier alpha value is -7.53. The van der Waals surface area contributed by atoms with Crippen LogP contribution in [0.3, 0.4) is 0 Å². The van der Waals surface area contributed by atoms with Crippen LogP contribution >= 0.6 is 11.6 Å². The number of piperidine rings is 1. The number of aliphatic hydroxyl groups excluding tert-OH is 2. The quantitative estimate of drug-likeness (QED) is 0.0681. The minimum absolute atomic E-state index is 0.00293. The van der Waals surface area contributed by atoms with Gasteiger partial charge in [0.1, 0.15) is 34.4 Å². The van der Waals surface area contributed by atoms with Crippen molar-refractivity contribution in [2.24, 2.45) is 23.5 Å². The number of Topliss-reactive ketones (excluding diaryl/α,β-unsaturated/α-hetero) is 2. The maximum atomic E-state index is 13.4. The molecule has 5 aliphatic rings. The number of likely N-dealkylation sites (N-methyl/N-ethyl adjacent to an activating group) is 1. The van der Waals surface area contributed by atoms with Crippen LogP contribution in [0.15, 0.2) is 137 Å². The Labute approximate surface area is 441 Å². The van der Waals surface area contributed by atoms with Crippen molar-refractivity contribution in [3.63, 3.8) is 0 Å². The summed E-state index contributed by atoms with van der Waals surface area (Å²) in [6.45, 7) is 4.08. The lowest BCUT2D eigenvalue weighted by Gasteiger charge is -2.52. The third kappa shape index (κ3) is 10.4. The van der Waals surface area contributed by atoms with Crippen molar-refractivity contribution in [1.82, 2.24) is 14.9 Å². The number of ketones is 2. The molecular weight excluding hydrogens is 1030 g/mol. The summed E-state index contributed by atoms with van der Waals surface area (Å²) in [6, 6.07) is 27.5. The van der Waals surface area contributed by atoms with Gasteiger partial charge in [-0.15, -0.1) is 0 Å². The summed E-state index contributed by atoms with van der Waals surface area (Å²) in [4.78, 5) is 51.8. The molecule has 7 atom stereocenters. The van der Waals surface area contributed by atoms with Crippen LogP contribution in [-0.2, 0) is 25.2 Å². The number of anilines is 1. The molecule has 5 aromatic carbocycles. The zero-order valence-electron chi connectivity index (χ0n) is 41.2. The van der Waals surface area contributed by atoms with E-state index in [1.807, 2.05) is 35.1 Å². The van der Waals surface area contributed by atoms with E-state index < -0.39 is 90.9 Å². The summed E-state index contributed by atoms with van der Waals surface area (Å²) in [7, 11) is -0.851. The highest BCUT2D eigenvalue weighted by Crippen LogP contribution is 2.57. The average Bonchev–Trinajstić information content (AvgIpc) is 3.96. The molecule has 0 spiro atoms. The van der Waals surface area contributed by atoms with Crippen molar-refractivity contribution in [3.05, 3.63) is 165 Å². The first kappa shape index (κ1) is 54.7. The molecule has 0 aromatic heterocycles. The first-order chi connectivity index (χ1) is 36.0. The van der Waals surface area contributed by atoms with E-state index in [4.69, 9.17) is 37.3 Å². The van der Waals surface area contributed by atoms with Gasteiger partial charge < -0.3 is 56.5 Å². The van der Waals surface area contributed by atoms with E-state index >= 15 is 0 Å². The summed E-state index contributed by atoms with van der Waals surface area (Å²) >= 11 is 6.26. The zero-order chi connectivity index (χ0) is 55.0. The predicted octanol–water partition coefficient (Wildman–Crippen LogP) is 5.15. The highest BCUT2D eigenvalue weighted by atomic mass is 35.5. The Balaban J connectivity index is 0.000000157. The number of sulfonamides is 1. The SMILES string of the molecule is CN(C)[C@@H]1C(O)=C(C(N)=O)C(=O)[C@@]2(O)C(O)=C3C(=O)c4c(O)ccc(Cl)c4[C@@](C)(O)[C@H]3C[C@@H]12.Fc1ccc([C@@H]2CCNC[C@H]2COc2ccc3c(c2)OCO3)cc1.Nc1ccc(S(=O)(=O)NC(=O)c2ccccc2)cc1. The van der Waals surface area contributed by atoms with Gasteiger partial charge in [-0.25, -0.2) is 17.5 Å². The van der Waals surface area contributed by atoms with Crippen molar-refractivity contribution in [3.8, 4) is 23.0 Å². The minimum atomic E-state index is -3.88. The van der Waals surface area contributed by atoms with Gasteiger partial charge in [-0.2, -0.15) is 0 Å². The van der Waals surface area contributed by atoms with Crippen LogP contribution in [0, 0.1) is 23.6 Å². The summed E-state index contributed by atoms with van der Waals surface area (Å²) in [5.74, 6) is -6.17. The lowest BCUT2D eigenvalue weighted by atomic mass is 9.55. The fourth-order valence-corrected chi connectivity index (χ4v) is 11.8. The summed E-state index contributed by atoms with van der Waals surface area (Å²) in [6.07, 6.45) is 0.769. The van der Waals surface area contributed by atoms with E-state index in [0.29, 0.717) is 24.1 Å². The van der Waals surface area contributed by atoms with Gasteiger partial charge in [0.15, 0.2) is 22.9 Å². The molecule has 2 heterocycles. The monoisotopic (exact) mass is 1080 g/mol. The van der Waals surface area contributed by atoms with E-state index in [1.165, 1.54) is 86.1 Å². The van der Waals surface area contributed by atoms with E-state index in [1.54, 1.807) is 18.2 Å². The second-order valence-electron chi connectivity index (χ2n) is 19.2. The van der Waals surface area contributed by atoms with Crippen molar-refractivity contribution in [2.45, 2.75) is 47.8 Å². The van der Waals surface area contributed by atoms with Crippen molar-refractivity contribution in [1.29, 1.82) is 0 Å². The number of amides is 2. The topological polar surface area (TPSA) is 311 Å². The van der Waals surface area contributed by atoms with Crippen LogP contribution in [0.1, 0.15) is 57.5 Å². The molecule has 22 heteroatoms. The minimum Gasteiger partial charge on any atom is -0.510 e. The number of primary amides is 1. The van der Waals surface area contributed by atoms with Crippen LogP contribution in [0.25, 0.3) is 0 Å². The van der Waals surface area contributed by atoms with Gasteiger partial charge in [-0.05, 0) is 125 Å².